The molecule has 1 aromatic rings. The summed E-state index contributed by atoms with van der Waals surface area (Å²) in [5, 5.41) is 0. The maximum absolute atomic E-state index is 5.61. The highest BCUT2D eigenvalue weighted by Gasteiger charge is 2.29. The van der Waals surface area contributed by atoms with E-state index in [4.69, 9.17) is 18.0 Å². The summed E-state index contributed by atoms with van der Waals surface area (Å²) in [5.41, 5.74) is 6.65. The third-order valence-corrected chi connectivity index (χ3v) is 4.11. The van der Waals surface area contributed by atoms with Crippen molar-refractivity contribution in [1.82, 2.24) is 9.97 Å². The largest absolute Gasteiger partial charge is 0.388 e. The molecule has 0 bridgehead atoms. The van der Waals surface area contributed by atoms with Gasteiger partial charge >= 0.3 is 0 Å². The summed E-state index contributed by atoms with van der Waals surface area (Å²) in [4.78, 5) is 11.3. The van der Waals surface area contributed by atoms with Crippen molar-refractivity contribution in [2.45, 2.75) is 33.6 Å². The van der Waals surface area contributed by atoms with Gasteiger partial charge in [0.25, 0.3) is 0 Å². The Balaban J connectivity index is 2.05. The fourth-order valence-corrected chi connectivity index (χ4v) is 2.70. The van der Waals surface area contributed by atoms with Crippen LogP contribution in [0.1, 0.15) is 39.3 Å². The van der Waals surface area contributed by atoms with Crippen LogP contribution in [0.4, 0.5) is 5.95 Å². The maximum Gasteiger partial charge on any atom is 0.225 e. The zero-order chi connectivity index (χ0) is 14.0. The van der Waals surface area contributed by atoms with E-state index < -0.39 is 0 Å². The molecule has 0 saturated carbocycles. The topological polar surface area (TPSA) is 55.0 Å². The Morgan fingerprint density at radius 1 is 1.37 bits per heavy atom. The molecule has 0 radical (unpaired) electrons. The first-order chi connectivity index (χ1) is 8.88. The minimum atomic E-state index is 0.327. The highest BCUT2D eigenvalue weighted by Crippen LogP contribution is 2.34. The standard InChI is InChI=1S/C14H22N4S/c1-14(2,3)10-5-8-18(9-6-10)13-16-7-4-11(17-13)12(15)19/h4,7,10H,5-6,8-9H2,1-3H3,(H2,15,19). The van der Waals surface area contributed by atoms with Crippen LogP contribution in [0.25, 0.3) is 0 Å². The Kier molecular flexibility index (Phi) is 4.04. The third kappa shape index (κ3) is 3.41. The minimum absolute atomic E-state index is 0.327. The van der Waals surface area contributed by atoms with Crippen LogP contribution in [-0.4, -0.2) is 28.0 Å². The van der Waals surface area contributed by atoms with Gasteiger partial charge in [0.2, 0.25) is 5.95 Å². The summed E-state index contributed by atoms with van der Waals surface area (Å²) in [6, 6.07) is 1.76. The predicted octanol–water partition coefficient (Wildman–Crippen LogP) is 2.37. The molecule has 0 aromatic carbocycles. The molecule has 0 atom stereocenters. The maximum atomic E-state index is 5.61. The molecular weight excluding hydrogens is 256 g/mol. The van der Waals surface area contributed by atoms with E-state index in [0.717, 1.165) is 25.0 Å². The van der Waals surface area contributed by atoms with E-state index in [1.54, 1.807) is 12.3 Å². The van der Waals surface area contributed by atoms with Gasteiger partial charge in [-0.3, -0.25) is 0 Å². The molecule has 104 valence electrons. The molecule has 1 aliphatic rings. The van der Waals surface area contributed by atoms with Gasteiger partial charge in [0, 0.05) is 19.3 Å². The summed E-state index contributed by atoms with van der Waals surface area (Å²) >= 11 is 4.96. The Morgan fingerprint density at radius 2 is 2.00 bits per heavy atom. The van der Waals surface area contributed by atoms with Gasteiger partial charge in [0.05, 0.1) is 0 Å². The molecule has 0 spiro atoms. The van der Waals surface area contributed by atoms with Gasteiger partial charge in [-0.25, -0.2) is 9.97 Å². The van der Waals surface area contributed by atoms with Crippen LogP contribution in [0.2, 0.25) is 0 Å². The van der Waals surface area contributed by atoms with Crippen molar-refractivity contribution in [3.8, 4) is 0 Å². The van der Waals surface area contributed by atoms with Crippen molar-refractivity contribution in [3.05, 3.63) is 18.0 Å². The molecule has 1 aliphatic heterocycles. The summed E-state index contributed by atoms with van der Waals surface area (Å²) in [6.45, 7) is 8.96. The lowest BCUT2D eigenvalue weighted by Gasteiger charge is -2.38. The molecule has 0 unspecified atom stereocenters. The second kappa shape index (κ2) is 5.41. The predicted molar refractivity (Wildman–Crippen MR) is 82.3 cm³/mol. The van der Waals surface area contributed by atoms with E-state index in [9.17, 15) is 0 Å². The Morgan fingerprint density at radius 3 is 2.53 bits per heavy atom. The molecule has 0 aliphatic carbocycles. The van der Waals surface area contributed by atoms with Crippen molar-refractivity contribution < 1.29 is 0 Å². The van der Waals surface area contributed by atoms with E-state index in [1.165, 1.54) is 12.8 Å². The van der Waals surface area contributed by atoms with E-state index in [2.05, 4.69) is 35.6 Å². The highest BCUT2D eigenvalue weighted by atomic mass is 32.1. The molecule has 1 saturated heterocycles. The monoisotopic (exact) mass is 278 g/mol. The van der Waals surface area contributed by atoms with Crippen molar-refractivity contribution >= 4 is 23.2 Å². The van der Waals surface area contributed by atoms with Crippen LogP contribution in [0.5, 0.6) is 0 Å². The van der Waals surface area contributed by atoms with Gasteiger partial charge in [-0.05, 0) is 30.2 Å². The van der Waals surface area contributed by atoms with E-state index >= 15 is 0 Å². The highest BCUT2D eigenvalue weighted by molar-refractivity contribution is 7.80. The molecule has 2 N–H and O–H groups in total. The summed E-state index contributed by atoms with van der Waals surface area (Å²) < 4.78 is 0. The van der Waals surface area contributed by atoms with E-state index in [-0.39, 0.29) is 0 Å². The second-order valence-electron chi connectivity index (χ2n) is 6.23. The Hall–Kier alpha value is -1.23. The number of thiocarbonyl (C=S) groups is 1. The first-order valence-electron chi connectivity index (χ1n) is 6.76. The zero-order valence-corrected chi connectivity index (χ0v) is 12.7. The average Bonchev–Trinajstić information content (AvgIpc) is 2.38. The molecule has 2 heterocycles. The zero-order valence-electron chi connectivity index (χ0n) is 11.9. The van der Waals surface area contributed by atoms with Crippen LogP contribution >= 0.6 is 12.2 Å². The van der Waals surface area contributed by atoms with Crippen LogP contribution in [0.3, 0.4) is 0 Å². The molecule has 0 amide bonds. The molecular formula is C14H22N4S. The smallest absolute Gasteiger partial charge is 0.225 e. The minimum Gasteiger partial charge on any atom is -0.388 e. The van der Waals surface area contributed by atoms with Gasteiger partial charge < -0.3 is 10.6 Å². The lowest BCUT2D eigenvalue weighted by Crippen LogP contribution is -2.39. The summed E-state index contributed by atoms with van der Waals surface area (Å²) in [5.74, 6) is 1.51. The molecule has 2 rings (SSSR count). The van der Waals surface area contributed by atoms with Gasteiger partial charge in [0.1, 0.15) is 10.7 Å². The van der Waals surface area contributed by atoms with Gasteiger partial charge in [0.15, 0.2) is 0 Å². The van der Waals surface area contributed by atoms with Crippen LogP contribution < -0.4 is 10.6 Å². The first-order valence-corrected chi connectivity index (χ1v) is 7.16. The number of piperidine rings is 1. The lowest BCUT2D eigenvalue weighted by molar-refractivity contribution is 0.198. The molecule has 19 heavy (non-hydrogen) atoms. The van der Waals surface area contributed by atoms with Crippen LogP contribution in [0, 0.1) is 11.3 Å². The normalized spacial score (nSPS) is 17.5. The summed E-state index contributed by atoms with van der Waals surface area (Å²) in [7, 11) is 0. The van der Waals surface area contributed by atoms with Gasteiger partial charge in [-0.1, -0.05) is 33.0 Å². The molecule has 1 fully saturated rings. The summed E-state index contributed by atoms with van der Waals surface area (Å²) in [6.07, 6.45) is 4.10. The number of anilines is 1. The quantitative estimate of drug-likeness (QED) is 0.842. The Labute approximate surface area is 120 Å². The van der Waals surface area contributed by atoms with E-state index in [0.29, 0.717) is 16.1 Å². The number of hydrogen-bond donors (Lipinski definition) is 1. The van der Waals surface area contributed by atoms with Gasteiger partial charge in [-0.2, -0.15) is 0 Å². The molecule has 4 nitrogen and oxygen atoms in total. The van der Waals surface area contributed by atoms with Crippen molar-refractivity contribution in [3.63, 3.8) is 0 Å². The van der Waals surface area contributed by atoms with Gasteiger partial charge in [-0.15, -0.1) is 0 Å². The van der Waals surface area contributed by atoms with Crippen LogP contribution in [-0.2, 0) is 0 Å². The fourth-order valence-electron chi connectivity index (χ4n) is 2.58. The Bertz CT molecular complexity index is 459. The average molecular weight is 278 g/mol. The number of rotatable bonds is 2. The fraction of sp³-hybridized carbons (Fsp3) is 0.643. The number of nitrogens with zero attached hydrogens (tertiary/aromatic N) is 3. The third-order valence-electron chi connectivity index (χ3n) is 3.90. The number of aromatic nitrogens is 2. The van der Waals surface area contributed by atoms with Crippen LogP contribution in [0.15, 0.2) is 12.3 Å². The number of hydrogen-bond acceptors (Lipinski definition) is 4. The van der Waals surface area contributed by atoms with Crippen molar-refractivity contribution in [1.29, 1.82) is 0 Å². The van der Waals surface area contributed by atoms with E-state index in [1.807, 2.05) is 0 Å². The second-order valence-corrected chi connectivity index (χ2v) is 6.67. The molecule has 5 heteroatoms. The number of nitrogens with two attached hydrogens (primary N) is 1. The SMILES string of the molecule is CC(C)(C)C1CCN(c2nccc(C(N)=S)n2)CC1. The molecule has 1 aromatic heterocycles. The lowest BCUT2D eigenvalue weighted by atomic mass is 9.75. The van der Waals surface area contributed by atoms with Crippen molar-refractivity contribution in [2.75, 3.05) is 18.0 Å². The first kappa shape index (κ1) is 14.2. The van der Waals surface area contributed by atoms with Crippen molar-refractivity contribution in [2.24, 2.45) is 17.1 Å².